The van der Waals surface area contributed by atoms with E-state index in [-0.39, 0.29) is 41.5 Å². The Labute approximate surface area is 184 Å². The van der Waals surface area contributed by atoms with E-state index in [1.807, 2.05) is 0 Å². The van der Waals surface area contributed by atoms with Crippen molar-refractivity contribution in [1.29, 1.82) is 0 Å². The molecule has 6 nitrogen and oxygen atoms in total. The number of aromatic nitrogens is 1. The van der Waals surface area contributed by atoms with Crippen molar-refractivity contribution in [2.24, 2.45) is 0 Å². The number of nitrogens with zero attached hydrogens (tertiary/aromatic N) is 2. The lowest BCUT2D eigenvalue weighted by Crippen LogP contribution is -2.46. The highest BCUT2D eigenvalue weighted by atomic mass is 79.9. The van der Waals surface area contributed by atoms with Gasteiger partial charge in [-0.05, 0) is 43.2 Å². The molecule has 30 heavy (non-hydrogen) atoms. The number of hydrogen-bond acceptors (Lipinski definition) is 4. The molecule has 1 aromatic carbocycles. The van der Waals surface area contributed by atoms with Crippen LogP contribution in [-0.4, -0.2) is 43.3 Å². The molecule has 0 bridgehead atoms. The number of halogens is 5. The van der Waals surface area contributed by atoms with Crippen LogP contribution in [0.1, 0.15) is 28.8 Å². The molecule has 0 unspecified atom stereocenters. The minimum atomic E-state index is -4.82. The Morgan fingerprint density at radius 2 is 1.87 bits per heavy atom. The number of sulfonamides is 1. The number of hydrogen-bond donors (Lipinski definition) is 1. The van der Waals surface area contributed by atoms with Crippen molar-refractivity contribution in [2.75, 3.05) is 13.1 Å². The van der Waals surface area contributed by atoms with Gasteiger partial charge in [-0.2, -0.15) is 13.2 Å². The van der Waals surface area contributed by atoms with Crippen molar-refractivity contribution in [3.8, 4) is 0 Å². The van der Waals surface area contributed by atoms with Crippen LogP contribution >= 0.6 is 27.5 Å². The molecule has 12 heteroatoms. The maximum absolute atomic E-state index is 13.3. The van der Waals surface area contributed by atoms with Crippen LogP contribution in [0.3, 0.4) is 0 Å². The Hall–Kier alpha value is -1.69. The SMILES string of the molecule is O=C(c1ccnc(Cl)c1)N1CCC(NS(=O)(=O)c2ccc(Br)cc2C(F)(F)F)CC1. The largest absolute Gasteiger partial charge is 0.417 e. The highest BCUT2D eigenvalue weighted by Gasteiger charge is 2.38. The van der Waals surface area contributed by atoms with E-state index in [1.165, 1.54) is 29.3 Å². The number of piperidine rings is 1. The number of rotatable bonds is 4. The first kappa shape index (κ1) is 23.0. The molecule has 2 aromatic rings. The van der Waals surface area contributed by atoms with Crippen LogP contribution in [0.25, 0.3) is 0 Å². The molecule has 0 aliphatic carbocycles. The quantitative estimate of drug-likeness (QED) is 0.609. The van der Waals surface area contributed by atoms with Gasteiger partial charge in [0.05, 0.1) is 10.5 Å². The second-order valence-electron chi connectivity index (χ2n) is 6.69. The van der Waals surface area contributed by atoms with Gasteiger partial charge in [0.15, 0.2) is 0 Å². The molecule has 1 amide bonds. The van der Waals surface area contributed by atoms with Gasteiger partial charge in [0.2, 0.25) is 10.0 Å². The van der Waals surface area contributed by atoms with Crippen LogP contribution in [0.4, 0.5) is 13.2 Å². The van der Waals surface area contributed by atoms with E-state index in [9.17, 15) is 26.4 Å². The Kier molecular flexibility index (Phi) is 6.75. The minimum absolute atomic E-state index is 0.122. The number of benzene rings is 1. The second kappa shape index (κ2) is 8.81. The number of carbonyl (C=O) groups is 1. The predicted molar refractivity (Wildman–Crippen MR) is 108 cm³/mol. The zero-order valence-corrected chi connectivity index (χ0v) is 18.4. The average Bonchev–Trinajstić information content (AvgIpc) is 2.67. The summed E-state index contributed by atoms with van der Waals surface area (Å²) >= 11 is 8.73. The maximum atomic E-state index is 13.3. The lowest BCUT2D eigenvalue weighted by atomic mass is 10.1. The van der Waals surface area contributed by atoms with Gasteiger partial charge in [-0.15, -0.1) is 0 Å². The first-order valence-corrected chi connectivity index (χ1v) is 11.4. The summed E-state index contributed by atoms with van der Waals surface area (Å²) < 4.78 is 67.6. The molecular formula is C18H16BrClF3N3O3S. The number of alkyl halides is 3. The third-order valence-corrected chi connectivity index (χ3v) is 6.89. The van der Waals surface area contributed by atoms with Crippen molar-refractivity contribution < 1.29 is 26.4 Å². The number of pyridine rings is 1. The lowest BCUT2D eigenvalue weighted by molar-refractivity contribution is -0.139. The van der Waals surface area contributed by atoms with Gasteiger partial charge in [0, 0.05) is 35.4 Å². The molecule has 1 saturated heterocycles. The van der Waals surface area contributed by atoms with Gasteiger partial charge in [-0.25, -0.2) is 18.1 Å². The molecule has 2 heterocycles. The van der Waals surface area contributed by atoms with Crippen molar-refractivity contribution in [1.82, 2.24) is 14.6 Å². The Morgan fingerprint density at radius 3 is 2.47 bits per heavy atom. The van der Waals surface area contributed by atoms with Crippen LogP contribution in [0.5, 0.6) is 0 Å². The summed E-state index contributed by atoms with van der Waals surface area (Å²) in [7, 11) is -4.41. The number of amides is 1. The van der Waals surface area contributed by atoms with Gasteiger partial charge in [0.25, 0.3) is 5.91 Å². The van der Waals surface area contributed by atoms with Crippen molar-refractivity contribution in [2.45, 2.75) is 30.0 Å². The number of likely N-dealkylation sites (tertiary alicyclic amines) is 1. The normalized spacial score (nSPS) is 16.0. The summed E-state index contributed by atoms with van der Waals surface area (Å²) in [4.78, 5) is 17.0. The Balaban J connectivity index is 1.70. The van der Waals surface area contributed by atoms with Crippen molar-refractivity contribution >= 4 is 43.5 Å². The van der Waals surface area contributed by atoms with Crippen molar-refractivity contribution in [3.05, 3.63) is 57.3 Å². The minimum Gasteiger partial charge on any atom is -0.339 e. The molecule has 3 rings (SSSR count). The highest BCUT2D eigenvalue weighted by Crippen LogP contribution is 2.36. The molecule has 0 saturated carbocycles. The number of nitrogens with one attached hydrogen (secondary N) is 1. The summed E-state index contributed by atoms with van der Waals surface area (Å²) in [6.45, 7) is 0.497. The molecule has 1 N–H and O–H groups in total. The van der Waals surface area contributed by atoms with E-state index in [1.54, 1.807) is 0 Å². The van der Waals surface area contributed by atoms with Crippen LogP contribution in [0.2, 0.25) is 5.15 Å². The molecule has 0 spiro atoms. The first-order valence-electron chi connectivity index (χ1n) is 8.77. The highest BCUT2D eigenvalue weighted by molar-refractivity contribution is 9.10. The van der Waals surface area contributed by atoms with E-state index >= 15 is 0 Å². The first-order chi connectivity index (χ1) is 14.0. The fraction of sp³-hybridized carbons (Fsp3) is 0.333. The van der Waals surface area contributed by atoms with Crippen LogP contribution in [0.15, 0.2) is 45.9 Å². The van der Waals surface area contributed by atoms with Gasteiger partial charge in [-0.3, -0.25) is 4.79 Å². The summed E-state index contributed by atoms with van der Waals surface area (Å²) in [5, 5.41) is 0.179. The molecule has 0 radical (unpaired) electrons. The van der Waals surface area contributed by atoms with E-state index in [2.05, 4.69) is 25.6 Å². The average molecular weight is 527 g/mol. The van der Waals surface area contributed by atoms with Crippen LogP contribution in [0, 0.1) is 0 Å². The maximum Gasteiger partial charge on any atom is 0.417 e. The molecule has 0 atom stereocenters. The fourth-order valence-corrected chi connectivity index (χ4v) is 5.21. The predicted octanol–water partition coefficient (Wildman–Crippen LogP) is 4.10. The van der Waals surface area contributed by atoms with Gasteiger partial charge < -0.3 is 4.90 Å². The summed E-state index contributed by atoms with van der Waals surface area (Å²) in [5.41, 5.74) is -0.884. The monoisotopic (exact) mass is 525 g/mol. The molecule has 1 aromatic heterocycles. The molecule has 1 fully saturated rings. The zero-order chi connectivity index (χ0) is 22.1. The lowest BCUT2D eigenvalue weighted by Gasteiger charge is -2.32. The van der Waals surface area contributed by atoms with Crippen LogP contribution in [-0.2, 0) is 16.2 Å². The second-order valence-corrected chi connectivity index (χ2v) is 9.68. The van der Waals surface area contributed by atoms with Crippen LogP contribution < -0.4 is 4.72 Å². The Morgan fingerprint density at radius 1 is 1.20 bits per heavy atom. The van der Waals surface area contributed by atoms with Gasteiger partial charge in [0.1, 0.15) is 5.15 Å². The van der Waals surface area contributed by atoms with Gasteiger partial charge >= 0.3 is 6.18 Å². The molecule has 162 valence electrons. The summed E-state index contributed by atoms with van der Waals surface area (Å²) in [6, 6.07) is 5.26. The third kappa shape index (κ3) is 5.32. The summed E-state index contributed by atoms with van der Waals surface area (Å²) in [6.07, 6.45) is -2.88. The molecule has 1 aliphatic heterocycles. The standard InChI is InChI=1S/C18H16BrClF3N3O3S/c19-12-1-2-15(14(10-12)18(21,22)23)30(28,29)25-13-4-7-26(8-5-13)17(27)11-3-6-24-16(20)9-11/h1-3,6,9-10,13,25H,4-5,7-8H2. The van der Waals surface area contributed by atoms with Crippen molar-refractivity contribution in [3.63, 3.8) is 0 Å². The van der Waals surface area contributed by atoms with Gasteiger partial charge in [-0.1, -0.05) is 27.5 Å². The van der Waals surface area contributed by atoms with E-state index in [0.29, 0.717) is 5.56 Å². The molecular weight excluding hydrogens is 511 g/mol. The van der Waals surface area contributed by atoms with E-state index in [0.717, 1.165) is 12.1 Å². The fourth-order valence-electron chi connectivity index (χ4n) is 3.16. The summed E-state index contributed by atoms with van der Waals surface area (Å²) in [5.74, 6) is -0.270. The number of carbonyl (C=O) groups excluding carboxylic acids is 1. The third-order valence-electron chi connectivity index (χ3n) is 4.61. The zero-order valence-electron chi connectivity index (χ0n) is 15.3. The van der Waals surface area contributed by atoms with E-state index < -0.39 is 32.7 Å². The smallest absolute Gasteiger partial charge is 0.339 e. The Bertz CT molecular complexity index is 1060. The molecule has 1 aliphatic rings. The topological polar surface area (TPSA) is 79.4 Å². The van der Waals surface area contributed by atoms with E-state index in [4.69, 9.17) is 11.6 Å².